The van der Waals surface area contributed by atoms with Gasteiger partial charge >= 0.3 is 5.97 Å². The Hall–Kier alpha value is -2.27. The molecular formula is C14H13ClN2O3. The van der Waals surface area contributed by atoms with E-state index in [2.05, 4.69) is 4.98 Å². The predicted octanol–water partition coefficient (Wildman–Crippen LogP) is 3.21. The van der Waals surface area contributed by atoms with Crippen molar-refractivity contribution in [3.05, 3.63) is 47.1 Å². The molecule has 1 aromatic carbocycles. The second kappa shape index (κ2) is 5.79. The average Bonchev–Trinajstić information content (AvgIpc) is 2.47. The van der Waals surface area contributed by atoms with Crippen molar-refractivity contribution in [1.29, 1.82) is 0 Å². The van der Waals surface area contributed by atoms with Gasteiger partial charge < -0.3 is 14.7 Å². The predicted molar refractivity (Wildman–Crippen MR) is 77.3 cm³/mol. The van der Waals surface area contributed by atoms with E-state index >= 15 is 0 Å². The third kappa shape index (κ3) is 2.83. The van der Waals surface area contributed by atoms with Crippen LogP contribution in [-0.2, 0) is 0 Å². The van der Waals surface area contributed by atoms with Crippen LogP contribution in [0.25, 0.3) is 0 Å². The highest BCUT2D eigenvalue weighted by Gasteiger charge is 2.13. The molecule has 0 saturated heterocycles. The van der Waals surface area contributed by atoms with Crippen LogP contribution in [0.15, 0.2) is 36.5 Å². The lowest BCUT2D eigenvalue weighted by Crippen LogP contribution is -2.12. The van der Waals surface area contributed by atoms with E-state index < -0.39 is 5.97 Å². The summed E-state index contributed by atoms with van der Waals surface area (Å²) < 4.78 is 5.09. The average molecular weight is 293 g/mol. The minimum Gasteiger partial charge on any atom is -0.497 e. The number of carboxylic acid groups (broad SMARTS) is 1. The summed E-state index contributed by atoms with van der Waals surface area (Å²) in [6, 6.07) is 8.79. The summed E-state index contributed by atoms with van der Waals surface area (Å²) in [4.78, 5) is 17.0. The van der Waals surface area contributed by atoms with E-state index in [0.29, 0.717) is 5.82 Å². The zero-order valence-electron chi connectivity index (χ0n) is 11.0. The molecule has 0 bridgehead atoms. The van der Waals surface area contributed by atoms with E-state index in [1.165, 1.54) is 12.3 Å². The van der Waals surface area contributed by atoms with Crippen molar-refractivity contribution in [3.63, 3.8) is 0 Å². The van der Waals surface area contributed by atoms with Crippen molar-refractivity contribution in [3.8, 4) is 5.75 Å². The Balaban J connectivity index is 2.34. The smallest absolute Gasteiger partial charge is 0.337 e. The lowest BCUT2D eigenvalue weighted by atomic mass is 10.2. The molecule has 0 atom stereocenters. The summed E-state index contributed by atoms with van der Waals surface area (Å²) in [7, 11) is 3.39. The number of nitrogens with zero attached hydrogens (tertiary/aromatic N) is 2. The molecule has 2 rings (SSSR count). The van der Waals surface area contributed by atoms with Gasteiger partial charge in [0.05, 0.1) is 17.7 Å². The number of aromatic nitrogens is 1. The fourth-order valence-electron chi connectivity index (χ4n) is 1.71. The summed E-state index contributed by atoms with van der Waals surface area (Å²) in [5.74, 6) is 0.163. The summed E-state index contributed by atoms with van der Waals surface area (Å²) in [5, 5.41) is 9.18. The highest BCUT2D eigenvalue weighted by molar-refractivity contribution is 6.33. The van der Waals surface area contributed by atoms with Crippen LogP contribution in [0.5, 0.6) is 5.75 Å². The molecule has 0 aliphatic carbocycles. The van der Waals surface area contributed by atoms with Gasteiger partial charge in [0.25, 0.3) is 0 Å². The molecule has 6 heteroatoms. The maximum atomic E-state index is 11.1. The van der Waals surface area contributed by atoms with Gasteiger partial charge in [0.15, 0.2) is 0 Å². The number of pyridine rings is 1. The fourth-order valence-corrected chi connectivity index (χ4v) is 1.90. The molecule has 0 spiro atoms. The summed E-state index contributed by atoms with van der Waals surface area (Å²) in [6.07, 6.45) is 1.33. The molecule has 2 aromatic rings. The maximum absolute atomic E-state index is 11.1. The topological polar surface area (TPSA) is 62.7 Å². The minimum atomic E-state index is -1.08. The normalized spacial score (nSPS) is 10.2. The Morgan fingerprint density at radius 2 is 2.00 bits per heavy atom. The molecule has 20 heavy (non-hydrogen) atoms. The summed E-state index contributed by atoms with van der Waals surface area (Å²) >= 11 is 5.80. The Morgan fingerprint density at radius 1 is 1.35 bits per heavy atom. The first kappa shape index (κ1) is 14.1. The Kier molecular flexibility index (Phi) is 4.10. The fraction of sp³-hybridized carbons (Fsp3) is 0.143. The molecule has 0 saturated carbocycles. The number of rotatable bonds is 4. The second-order valence-corrected chi connectivity index (χ2v) is 4.49. The van der Waals surface area contributed by atoms with Crippen LogP contribution in [0, 0.1) is 0 Å². The van der Waals surface area contributed by atoms with E-state index in [9.17, 15) is 4.79 Å². The molecule has 0 fully saturated rings. The molecule has 0 unspecified atom stereocenters. The molecule has 0 radical (unpaired) electrons. The quantitative estimate of drug-likeness (QED) is 0.937. The van der Waals surface area contributed by atoms with E-state index in [0.717, 1.165) is 11.4 Å². The van der Waals surface area contributed by atoms with Gasteiger partial charge in [-0.2, -0.15) is 0 Å². The molecule has 5 nitrogen and oxygen atoms in total. The van der Waals surface area contributed by atoms with Gasteiger partial charge in [0.2, 0.25) is 0 Å². The number of aromatic carboxylic acids is 1. The Bertz CT molecular complexity index is 629. The van der Waals surface area contributed by atoms with Crippen molar-refractivity contribution < 1.29 is 14.6 Å². The van der Waals surface area contributed by atoms with E-state index in [-0.39, 0.29) is 10.6 Å². The lowest BCUT2D eigenvalue weighted by Gasteiger charge is -2.19. The van der Waals surface area contributed by atoms with E-state index in [1.807, 2.05) is 24.3 Å². The number of methoxy groups -OCH3 is 1. The number of anilines is 2. The summed E-state index contributed by atoms with van der Waals surface area (Å²) in [6.45, 7) is 0. The number of ether oxygens (including phenoxy) is 1. The first-order chi connectivity index (χ1) is 9.52. The number of hydrogen-bond acceptors (Lipinski definition) is 4. The van der Waals surface area contributed by atoms with Crippen molar-refractivity contribution in [2.75, 3.05) is 19.1 Å². The number of carboxylic acids is 1. The van der Waals surface area contributed by atoms with Crippen LogP contribution in [-0.4, -0.2) is 30.2 Å². The van der Waals surface area contributed by atoms with Crippen molar-refractivity contribution in [2.24, 2.45) is 0 Å². The van der Waals surface area contributed by atoms with Crippen molar-refractivity contribution in [2.45, 2.75) is 0 Å². The molecule has 0 amide bonds. The Morgan fingerprint density at radius 3 is 2.55 bits per heavy atom. The zero-order chi connectivity index (χ0) is 14.7. The van der Waals surface area contributed by atoms with Gasteiger partial charge in [-0.15, -0.1) is 0 Å². The minimum absolute atomic E-state index is 0.0250. The molecule has 0 aliphatic heterocycles. The largest absolute Gasteiger partial charge is 0.497 e. The standard InChI is InChI=1S/C14H13ClN2O3/c1-17(9-3-5-10(20-2)6-4-9)13-7-11(14(18)19)12(15)8-16-13/h3-8H,1-2H3,(H,18,19). The van der Waals surface area contributed by atoms with Crippen LogP contribution in [0.3, 0.4) is 0 Å². The number of carbonyl (C=O) groups is 1. The SMILES string of the molecule is COc1ccc(N(C)c2cc(C(=O)O)c(Cl)cn2)cc1. The number of halogens is 1. The molecule has 1 N–H and O–H groups in total. The molecule has 104 valence electrons. The van der Waals surface area contributed by atoms with Crippen LogP contribution >= 0.6 is 11.6 Å². The van der Waals surface area contributed by atoms with E-state index in [4.69, 9.17) is 21.4 Å². The van der Waals surface area contributed by atoms with Crippen molar-refractivity contribution >= 4 is 29.1 Å². The molecule has 1 heterocycles. The second-order valence-electron chi connectivity index (χ2n) is 4.08. The third-order valence-corrected chi connectivity index (χ3v) is 3.18. The van der Waals surface area contributed by atoms with Crippen molar-refractivity contribution in [1.82, 2.24) is 4.98 Å². The summed E-state index contributed by atoms with van der Waals surface area (Å²) in [5.41, 5.74) is 0.883. The third-order valence-electron chi connectivity index (χ3n) is 2.87. The molecule has 1 aromatic heterocycles. The Labute approximate surface area is 121 Å². The first-order valence-electron chi connectivity index (χ1n) is 5.79. The van der Waals surface area contributed by atoms with E-state index in [1.54, 1.807) is 19.1 Å². The molecular weight excluding hydrogens is 280 g/mol. The van der Waals surface area contributed by atoms with Gasteiger partial charge in [-0.3, -0.25) is 0 Å². The lowest BCUT2D eigenvalue weighted by molar-refractivity contribution is 0.0697. The van der Waals surface area contributed by atoms with Gasteiger partial charge in [0, 0.05) is 18.9 Å². The monoisotopic (exact) mass is 292 g/mol. The van der Waals surface area contributed by atoms with Gasteiger partial charge in [-0.25, -0.2) is 9.78 Å². The first-order valence-corrected chi connectivity index (χ1v) is 6.17. The number of hydrogen-bond donors (Lipinski definition) is 1. The maximum Gasteiger partial charge on any atom is 0.337 e. The van der Waals surface area contributed by atoms with Gasteiger partial charge in [-0.05, 0) is 30.3 Å². The van der Waals surface area contributed by atoms with Crippen LogP contribution < -0.4 is 9.64 Å². The van der Waals surface area contributed by atoms with Gasteiger partial charge in [-0.1, -0.05) is 11.6 Å². The number of benzene rings is 1. The van der Waals surface area contributed by atoms with Crippen LogP contribution in [0.2, 0.25) is 5.02 Å². The van der Waals surface area contributed by atoms with Crippen LogP contribution in [0.1, 0.15) is 10.4 Å². The van der Waals surface area contributed by atoms with Gasteiger partial charge in [0.1, 0.15) is 11.6 Å². The highest BCUT2D eigenvalue weighted by Crippen LogP contribution is 2.26. The highest BCUT2D eigenvalue weighted by atomic mass is 35.5. The van der Waals surface area contributed by atoms with Crippen LogP contribution in [0.4, 0.5) is 11.5 Å². The zero-order valence-corrected chi connectivity index (χ0v) is 11.8. The molecule has 0 aliphatic rings.